The molecule has 1 atom stereocenters. The molecule has 0 amide bonds. The van der Waals surface area contributed by atoms with Crippen molar-refractivity contribution in [3.63, 3.8) is 0 Å². The van der Waals surface area contributed by atoms with E-state index < -0.39 is 11.4 Å². The SMILES string of the molecule is COC(C)(C)CCC1(C(=O)O)COc2ccccc2C1. The fourth-order valence-corrected chi connectivity index (χ4v) is 2.47. The van der Waals surface area contributed by atoms with Crippen molar-refractivity contribution >= 4 is 5.97 Å². The second kappa shape index (κ2) is 5.44. The summed E-state index contributed by atoms with van der Waals surface area (Å²) in [6.45, 7) is 4.17. The van der Waals surface area contributed by atoms with Gasteiger partial charge in [-0.15, -0.1) is 0 Å². The van der Waals surface area contributed by atoms with Gasteiger partial charge in [0.2, 0.25) is 0 Å². The predicted molar refractivity (Wildman–Crippen MR) is 76.0 cm³/mol. The highest BCUT2D eigenvalue weighted by Crippen LogP contribution is 2.39. The third-order valence-electron chi connectivity index (χ3n) is 4.22. The van der Waals surface area contributed by atoms with Crippen molar-refractivity contribution in [1.82, 2.24) is 0 Å². The van der Waals surface area contributed by atoms with Gasteiger partial charge in [0, 0.05) is 7.11 Å². The van der Waals surface area contributed by atoms with Crippen LogP contribution in [0.15, 0.2) is 24.3 Å². The molecule has 1 N–H and O–H groups in total. The number of hydrogen-bond donors (Lipinski definition) is 1. The molecular formula is C16H22O4. The van der Waals surface area contributed by atoms with Crippen LogP contribution in [0.5, 0.6) is 5.75 Å². The first kappa shape index (κ1) is 14.9. The van der Waals surface area contributed by atoms with Crippen LogP contribution >= 0.6 is 0 Å². The average molecular weight is 278 g/mol. The molecule has 4 nitrogen and oxygen atoms in total. The Bertz CT molecular complexity index is 495. The number of aliphatic carboxylic acids is 1. The van der Waals surface area contributed by atoms with E-state index in [1.165, 1.54) is 0 Å². The Balaban J connectivity index is 2.19. The molecule has 1 aromatic carbocycles. The lowest BCUT2D eigenvalue weighted by molar-refractivity contribution is -0.153. The highest BCUT2D eigenvalue weighted by molar-refractivity contribution is 5.76. The van der Waals surface area contributed by atoms with Crippen molar-refractivity contribution in [3.05, 3.63) is 29.8 Å². The normalized spacial score (nSPS) is 21.9. The van der Waals surface area contributed by atoms with Crippen LogP contribution in [0.4, 0.5) is 0 Å². The molecule has 1 aliphatic heterocycles. The zero-order chi connectivity index (χ0) is 14.8. The molecule has 0 saturated carbocycles. The topological polar surface area (TPSA) is 55.8 Å². The van der Waals surface area contributed by atoms with Gasteiger partial charge in [0.15, 0.2) is 0 Å². The fraction of sp³-hybridized carbons (Fsp3) is 0.562. The summed E-state index contributed by atoms with van der Waals surface area (Å²) in [7, 11) is 1.65. The van der Waals surface area contributed by atoms with Gasteiger partial charge in [0.25, 0.3) is 0 Å². The smallest absolute Gasteiger partial charge is 0.313 e. The van der Waals surface area contributed by atoms with E-state index in [1.807, 2.05) is 38.1 Å². The number of carboxylic acids is 1. The molecule has 110 valence electrons. The van der Waals surface area contributed by atoms with Crippen molar-refractivity contribution < 1.29 is 19.4 Å². The number of ether oxygens (including phenoxy) is 2. The minimum Gasteiger partial charge on any atom is -0.492 e. The molecule has 0 fully saturated rings. The first-order valence-electron chi connectivity index (χ1n) is 6.88. The van der Waals surface area contributed by atoms with E-state index in [-0.39, 0.29) is 12.2 Å². The molecule has 20 heavy (non-hydrogen) atoms. The van der Waals surface area contributed by atoms with Gasteiger partial charge in [0.05, 0.1) is 5.60 Å². The molecule has 0 radical (unpaired) electrons. The number of benzene rings is 1. The van der Waals surface area contributed by atoms with Crippen molar-refractivity contribution in [2.45, 2.75) is 38.7 Å². The van der Waals surface area contributed by atoms with Crippen LogP contribution in [0.1, 0.15) is 32.3 Å². The molecule has 0 saturated heterocycles. The summed E-state index contributed by atoms with van der Waals surface area (Å²) < 4.78 is 11.1. The molecule has 1 unspecified atom stereocenters. The molecule has 0 bridgehead atoms. The van der Waals surface area contributed by atoms with Crippen molar-refractivity contribution in [2.75, 3.05) is 13.7 Å². The van der Waals surface area contributed by atoms with Crippen LogP contribution in [-0.2, 0) is 16.0 Å². The highest BCUT2D eigenvalue weighted by atomic mass is 16.5. The fourth-order valence-electron chi connectivity index (χ4n) is 2.47. The first-order valence-corrected chi connectivity index (χ1v) is 6.88. The number of carboxylic acid groups (broad SMARTS) is 1. The Labute approximate surface area is 119 Å². The molecular weight excluding hydrogens is 256 g/mol. The lowest BCUT2D eigenvalue weighted by Gasteiger charge is -2.36. The Hall–Kier alpha value is -1.55. The van der Waals surface area contributed by atoms with Gasteiger partial charge in [0.1, 0.15) is 17.8 Å². The van der Waals surface area contributed by atoms with E-state index in [1.54, 1.807) is 7.11 Å². The lowest BCUT2D eigenvalue weighted by Crippen LogP contribution is -2.43. The molecule has 0 spiro atoms. The second-order valence-electron chi connectivity index (χ2n) is 6.12. The maximum Gasteiger partial charge on any atom is 0.313 e. The van der Waals surface area contributed by atoms with Crippen LogP contribution in [0, 0.1) is 5.41 Å². The molecule has 4 heteroatoms. The maximum absolute atomic E-state index is 11.8. The number of methoxy groups -OCH3 is 1. The Kier molecular flexibility index (Phi) is 4.04. The van der Waals surface area contributed by atoms with E-state index in [4.69, 9.17) is 9.47 Å². The third-order valence-corrected chi connectivity index (χ3v) is 4.22. The van der Waals surface area contributed by atoms with E-state index in [9.17, 15) is 9.90 Å². The highest BCUT2D eigenvalue weighted by Gasteiger charge is 2.43. The second-order valence-corrected chi connectivity index (χ2v) is 6.12. The van der Waals surface area contributed by atoms with Crippen LogP contribution in [0.2, 0.25) is 0 Å². The zero-order valence-corrected chi connectivity index (χ0v) is 12.3. The minimum atomic E-state index is -0.857. The van der Waals surface area contributed by atoms with Crippen LogP contribution in [0.25, 0.3) is 0 Å². The number of carbonyl (C=O) groups is 1. The van der Waals surface area contributed by atoms with Gasteiger partial charge in [-0.05, 0) is 44.7 Å². The monoisotopic (exact) mass is 278 g/mol. The average Bonchev–Trinajstić information content (AvgIpc) is 2.45. The largest absolute Gasteiger partial charge is 0.492 e. The summed E-state index contributed by atoms with van der Waals surface area (Å²) in [5, 5.41) is 9.66. The molecule has 1 aromatic rings. The molecule has 1 aliphatic rings. The number of para-hydroxylation sites is 1. The maximum atomic E-state index is 11.8. The number of hydrogen-bond acceptors (Lipinski definition) is 3. The molecule has 2 rings (SSSR count). The number of rotatable bonds is 5. The van der Waals surface area contributed by atoms with Crippen LogP contribution in [-0.4, -0.2) is 30.4 Å². The molecule has 0 aliphatic carbocycles. The van der Waals surface area contributed by atoms with Gasteiger partial charge < -0.3 is 14.6 Å². The van der Waals surface area contributed by atoms with E-state index in [2.05, 4.69) is 0 Å². The Morgan fingerprint density at radius 3 is 2.80 bits per heavy atom. The quantitative estimate of drug-likeness (QED) is 0.899. The third kappa shape index (κ3) is 2.96. The van der Waals surface area contributed by atoms with E-state index >= 15 is 0 Å². The summed E-state index contributed by atoms with van der Waals surface area (Å²) in [6, 6.07) is 7.65. The molecule has 0 aromatic heterocycles. The predicted octanol–water partition coefficient (Wildman–Crippen LogP) is 2.90. The summed E-state index contributed by atoms with van der Waals surface area (Å²) in [6.07, 6.45) is 1.73. The van der Waals surface area contributed by atoms with Crippen molar-refractivity contribution in [2.24, 2.45) is 5.41 Å². The first-order chi connectivity index (χ1) is 9.38. The number of fused-ring (bicyclic) bond motifs is 1. The van der Waals surface area contributed by atoms with Gasteiger partial charge in [-0.3, -0.25) is 4.79 Å². The van der Waals surface area contributed by atoms with Crippen LogP contribution < -0.4 is 4.74 Å². The summed E-state index contributed by atoms with van der Waals surface area (Å²) >= 11 is 0. The summed E-state index contributed by atoms with van der Waals surface area (Å²) in [5.41, 5.74) is -0.208. The van der Waals surface area contributed by atoms with Crippen molar-refractivity contribution in [3.8, 4) is 5.75 Å². The summed E-state index contributed by atoms with van der Waals surface area (Å²) in [4.78, 5) is 11.8. The van der Waals surface area contributed by atoms with Crippen molar-refractivity contribution in [1.29, 1.82) is 0 Å². The van der Waals surface area contributed by atoms with Gasteiger partial charge in [-0.1, -0.05) is 18.2 Å². The van der Waals surface area contributed by atoms with Crippen LogP contribution in [0.3, 0.4) is 0 Å². The van der Waals surface area contributed by atoms with E-state index in [0.29, 0.717) is 19.3 Å². The lowest BCUT2D eigenvalue weighted by atomic mass is 9.75. The minimum absolute atomic E-state index is 0.221. The van der Waals surface area contributed by atoms with Gasteiger partial charge >= 0.3 is 5.97 Å². The Morgan fingerprint density at radius 1 is 1.45 bits per heavy atom. The Morgan fingerprint density at radius 2 is 2.15 bits per heavy atom. The van der Waals surface area contributed by atoms with E-state index in [0.717, 1.165) is 11.3 Å². The van der Waals surface area contributed by atoms with Gasteiger partial charge in [-0.2, -0.15) is 0 Å². The molecule has 1 heterocycles. The van der Waals surface area contributed by atoms with Gasteiger partial charge in [-0.25, -0.2) is 0 Å². The summed E-state index contributed by atoms with van der Waals surface area (Å²) in [5.74, 6) is 0.00860. The zero-order valence-electron chi connectivity index (χ0n) is 12.3. The standard InChI is InChI=1S/C16H22O4/c1-15(2,19-3)8-9-16(14(17)18)10-12-6-4-5-7-13(12)20-11-16/h4-7H,8-11H2,1-3H3,(H,17,18).